The quantitative estimate of drug-likeness (QED) is 0.684. The molecular weight excluding hydrogens is 219 g/mol. The van der Waals surface area contributed by atoms with Crippen molar-refractivity contribution >= 4 is 5.78 Å². The van der Waals surface area contributed by atoms with Crippen LogP contribution in [0, 0.1) is 5.92 Å². The first-order valence-corrected chi connectivity index (χ1v) is 4.98. The highest BCUT2D eigenvalue weighted by Gasteiger charge is 2.34. The fourth-order valence-electron chi connectivity index (χ4n) is 1.90. The standard InChI is InChI=1S/C11H10F3NO/c1-6-4-8-7(9(16)5-6)2-3-10(15-8)11(12,13)14/h2-3,6H,4-5H2,1H3. The molecule has 0 N–H and O–H groups in total. The van der Waals surface area contributed by atoms with Gasteiger partial charge in [0.05, 0.1) is 5.69 Å². The molecule has 0 aliphatic heterocycles. The predicted octanol–water partition coefficient (Wildman–Crippen LogP) is 2.87. The van der Waals surface area contributed by atoms with Crippen molar-refractivity contribution in [3.63, 3.8) is 0 Å². The third-order valence-electron chi connectivity index (χ3n) is 2.64. The minimum absolute atomic E-state index is 0.0657. The summed E-state index contributed by atoms with van der Waals surface area (Å²) in [5, 5.41) is 0. The number of hydrogen-bond acceptors (Lipinski definition) is 2. The van der Waals surface area contributed by atoms with Crippen LogP contribution in [-0.4, -0.2) is 10.8 Å². The van der Waals surface area contributed by atoms with E-state index in [4.69, 9.17) is 0 Å². The monoisotopic (exact) mass is 229 g/mol. The van der Waals surface area contributed by atoms with E-state index in [1.807, 2.05) is 6.92 Å². The maximum absolute atomic E-state index is 12.4. The third-order valence-corrected chi connectivity index (χ3v) is 2.64. The summed E-state index contributed by atoms with van der Waals surface area (Å²) in [6.07, 6.45) is -3.62. The minimum Gasteiger partial charge on any atom is -0.294 e. The Kier molecular flexibility index (Phi) is 2.48. The Morgan fingerprint density at radius 2 is 2.00 bits per heavy atom. The minimum atomic E-state index is -4.45. The number of rotatable bonds is 0. The van der Waals surface area contributed by atoms with Crippen LogP contribution in [-0.2, 0) is 12.6 Å². The van der Waals surface area contributed by atoms with Gasteiger partial charge in [0.25, 0.3) is 0 Å². The fourth-order valence-corrected chi connectivity index (χ4v) is 1.90. The van der Waals surface area contributed by atoms with Gasteiger partial charge in [-0.15, -0.1) is 0 Å². The molecule has 1 atom stereocenters. The Morgan fingerprint density at radius 3 is 2.62 bits per heavy atom. The maximum atomic E-state index is 12.4. The van der Waals surface area contributed by atoms with Crippen molar-refractivity contribution in [2.24, 2.45) is 5.92 Å². The molecule has 1 aliphatic carbocycles. The Hall–Kier alpha value is -1.39. The first kappa shape index (κ1) is 11.1. The molecule has 1 unspecified atom stereocenters. The van der Waals surface area contributed by atoms with Crippen molar-refractivity contribution in [1.29, 1.82) is 0 Å². The van der Waals surface area contributed by atoms with Crippen molar-refractivity contribution in [2.75, 3.05) is 0 Å². The Labute approximate surface area is 90.5 Å². The largest absolute Gasteiger partial charge is 0.433 e. The molecular formula is C11H10F3NO. The lowest BCUT2D eigenvalue weighted by atomic mass is 9.87. The Balaban J connectivity index is 2.46. The van der Waals surface area contributed by atoms with E-state index >= 15 is 0 Å². The van der Waals surface area contributed by atoms with E-state index in [9.17, 15) is 18.0 Å². The van der Waals surface area contributed by atoms with Gasteiger partial charge in [0.2, 0.25) is 0 Å². The third kappa shape index (κ3) is 1.94. The van der Waals surface area contributed by atoms with E-state index < -0.39 is 11.9 Å². The molecule has 0 amide bonds. The van der Waals surface area contributed by atoms with Gasteiger partial charge in [0.15, 0.2) is 5.78 Å². The van der Waals surface area contributed by atoms with Crippen LogP contribution in [0.5, 0.6) is 0 Å². The van der Waals surface area contributed by atoms with Gasteiger partial charge in [0, 0.05) is 12.0 Å². The lowest BCUT2D eigenvalue weighted by molar-refractivity contribution is -0.141. The number of ketones is 1. The lowest BCUT2D eigenvalue weighted by Crippen LogP contribution is -2.21. The molecule has 0 aromatic carbocycles. The normalized spacial score (nSPS) is 20.8. The zero-order chi connectivity index (χ0) is 11.9. The summed E-state index contributed by atoms with van der Waals surface area (Å²) in [6.45, 7) is 1.84. The summed E-state index contributed by atoms with van der Waals surface area (Å²) in [4.78, 5) is 15.1. The number of halogens is 3. The highest BCUT2D eigenvalue weighted by Crippen LogP contribution is 2.31. The van der Waals surface area contributed by atoms with Gasteiger partial charge < -0.3 is 0 Å². The zero-order valence-corrected chi connectivity index (χ0v) is 8.64. The molecule has 2 nitrogen and oxygen atoms in total. The number of nitrogens with zero attached hydrogens (tertiary/aromatic N) is 1. The summed E-state index contributed by atoms with van der Waals surface area (Å²) in [7, 11) is 0. The summed E-state index contributed by atoms with van der Waals surface area (Å²) in [6, 6.07) is 2.10. The van der Waals surface area contributed by atoms with Crippen LogP contribution in [0.15, 0.2) is 12.1 Å². The Bertz CT molecular complexity index is 439. The zero-order valence-electron chi connectivity index (χ0n) is 8.64. The van der Waals surface area contributed by atoms with E-state index in [2.05, 4.69) is 4.98 Å². The molecule has 1 heterocycles. The van der Waals surface area contributed by atoms with Crippen LogP contribution in [0.4, 0.5) is 13.2 Å². The smallest absolute Gasteiger partial charge is 0.294 e. The number of hydrogen-bond donors (Lipinski definition) is 0. The molecule has 1 aromatic heterocycles. The van der Waals surface area contributed by atoms with Gasteiger partial charge in [-0.1, -0.05) is 6.92 Å². The van der Waals surface area contributed by atoms with Crippen LogP contribution < -0.4 is 0 Å². The summed E-state index contributed by atoms with van der Waals surface area (Å²) < 4.78 is 37.2. The molecule has 86 valence electrons. The molecule has 5 heteroatoms. The number of alkyl halides is 3. The van der Waals surface area contributed by atoms with Crippen molar-refractivity contribution in [3.05, 3.63) is 29.1 Å². The van der Waals surface area contributed by atoms with E-state index in [1.165, 1.54) is 6.07 Å². The molecule has 1 aliphatic rings. The predicted molar refractivity (Wildman–Crippen MR) is 51.1 cm³/mol. The highest BCUT2D eigenvalue weighted by atomic mass is 19.4. The molecule has 16 heavy (non-hydrogen) atoms. The van der Waals surface area contributed by atoms with Crippen LogP contribution >= 0.6 is 0 Å². The summed E-state index contributed by atoms with van der Waals surface area (Å²) in [5.41, 5.74) is -0.308. The van der Waals surface area contributed by atoms with Crippen LogP contribution in [0.3, 0.4) is 0 Å². The second kappa shape index (κ2) is 3.57. The molecule has 0 radical (unpaired) electrons. The van der Waals surface area contributed by atoms with Crippen LogP contribution in [0.25, 0.3) is 0 Å². The van der Waals surface area contributed by atoms with Crippen molar-refractivity contribution < 1.29 is 18.0 Å². The summed E-state index contributed by atoms with van der Waals surface area (Å²) in [5.74, 6) is -0.0500. The number of pyridine rings is 1. The van der Waals surface area contributed by atoms with Gasteiger partial charge in [-0.25, -0.2) is 4.98 Å². The second-order valence-electron chi connectivity index (χ2n) is 4.13. The Morgan fingerprint density at radius 1 is 1.31 bits per heavy atom. The molecule has 0 saturated heterocycles. The first-order chi connectivity index (χ1) is 7.38. The van der Waals surface area contributed by atoms with Gasteiger partial charge in [-0.05, 0) is 24.5 Å². The molecule has 0 saturated carbocycles. The van der Waals surface area contributed by atoms with Crippen molar-refractivity contribution in [1.82, 2.24) is 4.98 Å². The number of carbonyl (C=O) groups is 1. The molecule has 2 rings (SSSR count). The highest BCUT2D eigenvalue weighted by molar-refractivity contribution is 5.98. The number of carbonyl (C=O) groups excluding carboxylic acids is 1. The van der Waals surface area contributed by atoms with Crippen molar-refractivity contribution in [3.8, 4) is 0 Å². The van der Waals surface area contributed by atoms with Gasteiger partial charge in [0.1, 0.15) is 5.69 Å². The van der Waals surface area contributed by atoms with Gasteiger partial charge in [-0.3, -0.25) is 4.79 Å². The molecule has 1 aromatic rings. The van der Waals surface area contributed by atoms with Crippen molar-refractivity contribution in [2.45, 2.75) is 25.9 Å². The molecule has 0 bridgehead atoms. The van der Waals surface area contributed by atoms with Crippen LogP contribution in [0.2, 0.25) is 0 Å². The average molecular weight is 229 g/mol. The molecule has 0 spiro atoms. The molecule has 0 fully saturated rings. The first-order valence-electron chi connectivity index (χ1n) is 4.98. The van der Waals surface area contributed by atoms with Gasteiger partial charge in [-0.2, -0.15) is 13.2 Å². The fraction of sp³-hybridized carbons (Fsp3) is 0.455. The summed E-state index contributed by atoms with van der Waals surface area (Å²) >= 11 is 0. The topological polar surface area (TPSA) is 30.0 Å². The van der Waals surface area contributed by atoms with E-state index in [0.717, 1.165) is 6.07 Å². The number of fused-ring (bicyclic) bond motifs is 1. The SMILES string of the molecule is CC1CC(=O)c2ccc(C(F)(F)F)nc2C1. The van der Waals surface area contributed by atoms with Gasteiger partial charge >= 0.3 is 6.18 Å². The number of Topliss-reactive ketones (excluding diaryl/α,β-unsaturated/α-hetero) is 1. The maximum Gasteiger partial charge on any atom is 0.433 e. The lowest BCUT2D eigenvalue weighted by Gasteiger charge is -2.20. The van der Waals surface area contributed by atoms with E-state index in [0.29, 0.717) is 18.4 Å². The number of aromatic nitrogens is 1. The van der Waals surface area contributed by atoms with E-state index in [-0.39, 0.29) is 17.4 Å². The average Bonchev–Trinajstić information content (AvgIpc) is 2.15. The van der Waals surface area contributed by atoms with Crippen LogP contribution in [0.1, 0.15) is 35.1 Å². The van der Waals surface area contributed by atoms with E-state index in [1.54, 1.807) is 0 Å². The second-order valence-corrected chi connectivity index (χ2v) is 4.13.